The molecule has 1 rings (SSSR count). The van der Waals surface area contributed by atoms with E-state index in [1.807, 2.05) is 0 Å². The smallest absolute Gasteiger partial charge is 0.304 e. The highest BCUT2D eigenvalue weighted by Crippen LogP contribution is 2.14. The van der Waals surface area contributed by atoms with Gasteiger partial charge in [0.1, 0.15) is 0 Å². The van der Waals surface area contributed by atoms with Gasteiger partial charge in [0, 0.05) is 6.20 Å². The van der Waals surface area contributed by atoms with Crippen LogP contribution in [-0.4, -0.2) is 29.7 Å². The molecule has 1 N–H and O–H groups in total. The number of rotatable bonds is 5. The molecule has 0 spiro atoms. The van der Waals surface area contributed by atoms with E-state index in [1.165, 1.54) is 13.1 Å². The quantitative estimate of drug-likeness (QED) is 0.855. The normalized spacial score (nSPS) is 13.3. The summed E-state index contributed by atoms with van der Waals surface area (Å²) in [5, 5.41) is 7.69. The summed E-state index contributed by atoms with van der Waals surface area (Å²) in [5.41, 5.74) is 1.27. The number of hydrogen-bond acceptors (Lipinski definition) is 4. The highest BCUT2D eigenvalue weighted by atomic mass is 32.2. The number of carbonyl (C=O) groups is 1. The Morgan fingerprint density at radius 3 is 2.71 bits per heavy atom. The maximum Gasteiger partial charge on any atom is 0.304 e. The van der Waals surface area contributed by atoms with Gasteiger partial charge in [0.25, 0.3) is 0 Å². The Morgan fingerprint density at radius 1 is 1.53 bits per heavy atom. The van der Waals surface area contributed by atoms with Crippen LogP contribution in [0.1, 0.15) is 24.6 Å². The molecule has 94 valence electrons. The number of carboxylic acids is 1. The second kappa shape index (κ2) is 5.27. The number of carboxylic acid groups (broad SMARTS) is 1. The molecule has 0 saturated carbocycles. The molecule has 0 radical (unpaired) electrons. The van der Waals surface area contributed by atoms with Crippen LogP contribution in [0.2, 0.25) is 0 Å². The Kier molecular flexibility index (Phi) is 4.22. The zero-order valence-electron chi connectivity index (χ0n) is 9.75. The zero-order valence-corrected chi connectivity index (χ0v) is 10.6. The first kappa shape index (κ1) is 13.6. The minimum absolute atomic E-state index is 0.214. The number of pyridine rings is 1. The Bertz CT molecular complexity index is 510. The lowest BCUT2D eigenvalue weighted by Crippen LogP contribution is -2.23. The van der Waals surface area contributed by atoms with Crippen LogP contribution in [-0.2, 0) is 20.4 Å². The van der Waals surface area contributed by atoms with Crippen molar-refractivity contribution >= 4 is 15.8 Å². The maximum atomic E-state index is 11.9. The van der Waals surface area contributed by atoms with E-state index in [0.29, 0.717) is 5.69 Å². The third-order valence-corrected chi connectivity index (χ3v) is 4.60. The largest absolute Gasteiger partial charge is 0.481 e. The molecule has 1 unspecified atom stereocenters. The molecule has 6 heteroatoms. The molecule has 0 saturated heterocycles. The molecule has 0 aromatic carbocycles. The lowest BCUT2D eigenvalue weighted by molar-refractivity contribution is -0.136. The molecule has 0 aliphatic rings. The summed E-state index contributed by atoms with van der Waals surface area (Å²) in [6.07, 6.45) is 1.15. The Hall–Kier alpha value is -1.43. The molecule has 1 aromatic rings. The fourth-order valence-electron chi connectivity index (χ4n) is 1.38. The van der Waals surface area contributed by atoms with Gasteiger partial charge in [-0.15, -0.1) is 0 Å². The third-order valence-electron chi connectivity index (χ3n) is 2.53. The van der Waals surface area contributed by atoms with Gasteiger partial charge < -0.3 is 5.11 Å². The number of aryl methyl sites for hydroxylation is 1. The lowest BCUT2D eigenvalue weighted by Gasteiger charge is -2.11. The van der Waals surface area contributed by atoms with Gasteiger partial charge in [-0.05, 0) is 25.5 Å². The van der Waals surface area contributed by atoms with Crippen LogP contribution in [0.4, 0.5) is 0 Å². The molecule has 0 aliphatic carbocycles. The molecule has 1 heterocycles. The van der Waals surface area contributed by atoms with Gasteiger partial charge in [-0.25, -0.2) is 8.42 Å². The van der Waals surface area contributed by atoms with Gasteiger partial charge in [-0.2, -0.15) is 0 Å². The Balaban J connectivity index is 2.87. The van der Waals surface area contributed by atoms with E-state index < -0.39 is 21.1 Å². The SMILES string of the molecule is Cc1cccnc1CS(=O)(=O)C(C)CC(=O)O. The van der Waals surface area contributed by atoms with Crippen molar-refractivity contribution in [2.45, 2.75) is 31.3 Å². The fourth-order valence-corrected chi connectivity index (χ4v) is 2.74. The maximum absolute atomic E-state index is 11.9. The number of aliphatic carboxylic acids is 1. The molecule has 0 aliphatic heterocycles. The molecule has 1 aromatic heterocycles. The first-order chi connectivity index (χ1) is 7.83. The average Bonchev–Trinajstić information content (AvgIpc) is 2.20. The van der Waals surface area contributed by atoms with E-state index in [4.69, 9.17) is 5.11 Å². The number of nitrogens with zero attached hydrogens (tertiary/aromatic N) is 1. The van der Waals surface area contributed by atoms with Crippen LogP contribution < -0.4 is 0 Å². The summed E-state index contributed by atoms with van der Waals surface area (Å²) in [5.74, 6) is -1.33. The van der Waals surface area contributed by atoms with Gasteiger partial charge in [-0.3, -0.25) is 9.78 Å². The van der Waals surface area contributed by atoms with E-state index in [9.17, 15) is 13.2 Å². The van der Waals surface area contributed by atoms with E-state index in [0.717, 1.165) is 5.56 Å². The zero-order chi connectivity index (χ0) is 13.1. The monoisotopic (exact) mass is 257 g/mol. The van der Waals surface area contributed by atoms with Crippen molar-refractivity contribution in [1.29, 1.82) is 0 Å². The van der Waals surface area contributed by atoms with Gasteiger partial charge in [-0.1, -0.05) is 6.07 Å². The van der Waals surface area contributed by atoms with Crippen LogP contribution in [0.3, 0.4) is 0 Å². The molecule has 5 nitrogen and oxygen atoms in total. The van der Waals surface area contributed by atoms with Gasteiger partial charge >= 0.3 is 5.97 Å². The molecule has 1 atom stereocenters. The van der Waals surface area contributed by atoms with Crippen LogP contribution in [0, 0.1) is 6.92 Å². The highest BCUT2D eigenvalue weighted by Gasteiger charge is 2.24. The van der Waals surface area contributed by atoms with E-state index >= 15 is 0 Å². The van der Waals surface area contributed by atoms with Crippen molar-refractivity contribution < 1.29 is 18.3 Å². The molecular formula is C11H15NO4S. The Morgan fingerprint density at radius 2 is 2.18 bits per heavy atom. The van der Waals surface area contributed by atoms with Gasteiger partial charge in [0.15, 0.2) is 9.84 Å². The van der Waals surface area contributed by atoms with Crippen LogP contribution in [0.5, 0.6) is 0 Å². The highest BCUT2D eigenvalue weighted by molar-refractivity contribution is 7.91. The molecule has 0 bridgehead atoms. The summed E-state index contributed by atoms with van der Waals surface area (Å²) in [4.78, 5) is 14.5. The average molecular weight is 257 g/mol. The number of hydrogen-bond donors (Lipinski definition) is 1. The summed E-state index contributed by atoms with van der Waals surface area (Å²) in [6, 6.07) is 3.51. The first-order valence-electron chi connectivity index (χ1n) is 5.17. The van der Waals surface area contributed by atoms with Gasteiger partial charge in [0.05, 0.1) is 23.1 Å². The minimum Gasteiger partial charge on any atom is -0.481 e. The van der Waals surface area contributed by atoms with Crippen molar-refractivity contribution in [3.05, 3.63) is 29.6 Å². The predicted octanol–water partition coefficient (Wildman–Crippen LogP) is 1.17. The van der Waals surface area contributed by atoms with Gasteiger partial charge in [0.2, 0.25) is 0 Å². The molecule has 17 heavy (non-hydrogen) atoms. The topological polar surface area (TPSA) is 84.3 Å². The molecular weight excluding hydrogens is 242 g/mol. The fraction of sp³-hybridized carbons (Fsp3) is 0.455. The van der Waals surface area contributed by atoms with Crippen LogP contribution >= 0.6 is 0 Å². The van der Waals surface area contributed by atoms with Crippen molar-refractivity contribution in [3.8, 4) is 0 Å². The molecule has 0 amide bonds. The van der Waals surface area contributed by atoms with Crippen LogP contribution in [0.15, 0.2) is 18.3 Å². The Labute approximate surface area is 100 Å². The third kappa shape index (κ3) is 3.81. The predicted molar refractivity (Wildman–Crippen MR) is 63.3 cm³/mol. The van der Waals surface area contributed by atoms with E-state index in [1.54, 1.807) is 19.1 Å². The first-order valence-corrected chi connectivity index (χ1v) is 6.88. The van der Waals surface area contributed by atoms with E-state index in [2.05, 4.69) is 4.98 Å². The summed E-state index contributed by atoms with van der Waals surface area (Å²) >= 11 is 0. The summed E-state index contributed by atoms with van der Waals surface area (Å²) in [7, 11) is -3.47. The van der Waals surface area contributed by atoms with Crippen molar-refractivity contribution in [1.82, 2.24) is 4.98 Å². The summed E-state index contributed by atoms with van der Waals surface area (Å²) in [6.45, 7) is 3.18. The second-order valence-corrected chi connectivity index (χ2v) is 6.40. The van der Waals surface area contributed by atoms with Crippen LogP contribution in [0.25, 0.3) is 0 Å². The van der Waals surface area contributed by atoms with Crippen molar-refractivity contribution in [2.75, 3.05) is 0 Å². The second-order valence-electron chi connectivity index (χ2n) is 3.98. The number of sulfone groups is 1. The van der Waals surface area contributed by atoms with E-state index in [-0.39, 0.29) is 12.2 Å². The summed E-state index contributed by atoms with van der Waals surface area (Å²) < 4.78 is 23.8. The van der Waals surface area contributed by atoms with Crippen molar-refractivity contribution in [3.63, 3.8) is 0 Å². The molecule has 0 fully saturated rings. The lowest BCUT2D eigenvalue weighted by atomic mass is 10.2. The van der Waals surface area contributed by atoms with Crippen molar-refractivity contribution in [2.24, 2.45) is 0 Å². The standard InChI is InChI=1S/C11H15NO4S/c1-8-4-3-5-12-10(8)7-17(15,16)9(2)6-11(13)14/h3-5,9H,6-7H2,1-2H3,(H,13,14). The number of aromatic nitrogens is 1. The minimum atomic E-state index is -3.47.